The number of nitrogens with zero attached hydrogens (tertiary/aromatic N) is 2. The predicted octanol–water partition coefficient (Wildman–Crippen LogP) is 4.55. The van der Waals surface area contributed by atoms with E-state index in [-0.39, 0.29) is 5.91 Å². The summed E-state index contributed by atoms with van der Waals surface area (Å²) in [5.41, 5.74) is 2.13. The van der Waals surface area contributed by atoms with Gasteiger partial charge in [0.05, 0.1) is 11.4 Å². The third-order valence-corrected chi connectivity index (χ3v) is 5.92. The first kappa shape index (κ1) is 17.8. The SMILES string of the molecule is CN1C(=O)/C(=C/c2cn(CCOc3ccccc3)c3ccccc23)SC1=S. The second kappa shape index (κ2) is 7.58. The molecular weight excluding hydrogens is 376 g/mol. The Morgan fingerprint density at radius 1 is 1.11 bits per heavy atom. The van der Waals surface area contributed by atoms with E-state index in [9.17, 15) is 4.79 Å². The van der Waals surface area contributed by atoms with Gasteiger partial charge in [0.1, 0.15) is 16.7 Å². The van der Waals surface area contributed by atoms with E-state index in [1.54, 1.807) is 7.05 Å². The van der Waals surface area contributed by atoms with Crippen molar-refractivity contribution in [3.8, 4) is 5.75 Å². The first-order chi connectivity index (χ1) is 13.1. The van der Waals surface area contributed by atoms with Crippen LogP contribution in [0, 0.1) is 0 Å². The largest absolute Gasteiger partial charge is 0.492 e. The van der Waals surface area contributed by atoms with E-state index in [1.165, 1.54) is 16.7 Å². The first-order valence-corrected chi connectivity index (χ1v) is 9.83. The molecule has 0 aliphatic carbocycles. The minimum atomic E-state index is -0.0470. The molecule has 1 saturated heterocycles. The lowest BCUT2D eigenvalue weighted by atomic mass is 10.1. The minimum absolute atomic E-state index is 0.0470. The smallest absolute Gasteiger partial charge is 0.265 e. The fourth-order valence-electron chi connectivity index (χ4n) is 3.04. The number of rotatable bonds is 5. The van der Waals surface area contributed by atoms with Crippen molar-refractivity contribution in [1.82, 2.24) is 9.47 Å². The van der Waals surface area contributed by atoms with Gasteiger partial charge in [-0.1, -0.05) is 60.4 Å². The van der Waals surface area contributed by atoms with Crippen LogP contribution in [0.15, 0.2) is 65.7 Å². The van der Waals surface area contributed by atoms with Crippen molar-refractivity contribution in [3.05, 3.63) is 71.3 Å². The zero-order valence-corrected chi connectivity index (χ0v) is 16.4. The van der Waals surface area contributed by atoms with Gasteiger partial charge in [-0.3, -0.25) is 9.69 Å². The molecule has 1 aliphatic heterocycles. The molecule has 0 N–H and O–H groups in total. The average Bonchev–Trinajstić information content (AvgIpc) is 3.16. The maximum Gasteiger partial charge on any atom is 0.265 e. The number of thioether (sulfide) groups is 1. The number of para-hydroxylation sites is 2. The van der Waals surface area contributed by atoms with Crippen LogP contribution in [0.4, 0.5) is 0 Å². The molecule has 1 fully saturated rings. The van der Waals surface area contributed by atoms with Crippen LogP contribution in [-0.4, -0.2) is 33.3 Å². The molecule has 2 heterocycles. The summed E-state index contributed by atoms with van der Waals surface area (Å²) in [6.45, 7) is 1.29. The van der Waals surface area contributed by atoms with Gasteiger partial charge in [-0.05, 0) is 24.3 Å². The molecule has 4 rings (SSSR count). The van der Waals surface area contributed by atoms with Crippen molar-refractivity contribution in [2.45, 2.75) is 6.54 Å². The molecule has 0 radical (unpaired) electrons. The Bertz CT molecular complexity index is 1040. The number of hydrogen-bond donors (Lipinski definition) is 0. The van der Waals surface area contributed by atoms with E-state index in [1.807, 2.05) is 48.5 Å². The third kappa shape index (κ3) is 3.63. The van der Waals surface area contributed by atoms with Gasteiger partial charge < -0.3 is 9.30 Å². The van der Waals surface area contributed by atoms with Crippen molar-refractivity contribution in [1.29, 1.82) is 0 Å². The molecule has 1 aromatic heterocycles. The van der Waals surface area contributed by atoms with Crippen LogP contribution < -0.4 is 4.74 Å². The van der Waals surface area contributed by atoms with Crippen LogP contribution in [0.3, 0.4) is 0 Å². The Kier molecular flexibility index (Phi) is 5.01. The summed E-state index contributed by atoms with van der Waals surface area (Å²) in [6.07, 6.45) is 4.00. The van der Waals surface area contributed by atoms with Gasteiger partial charge in [0.25, 0.3) is 5.91 Å². The van der Waals surface area contributed by atoms with Crippen molar-refractivity contribution < 1.29 is 9.53 Å². The first-order valence-electron chi connectivity index (χ1n) is 8.61. The number of aromatic nitrogens is 1. The molecule has 27 heavy (non-hydrogen) atoms. The van der Waals surface area contributed by atoms with E-state index in [0.717, 1.165) is 28.8 Å². The number of benzene rings is 2. The zero-order valence-electron chi connectivity index (χ0n) is 14.8. The molecule has 6 heteroatoms. The quantitative estimate of drug-likeness (QED) is 0.470. The van der Waals surface area contributed by atoms with Gasteiger partial charge in [0, 0.05) is 29.7 Å². The maximum absolute atomic E-state index is 12.3. The minimum Gasteiger partial charge on any atom is -0.492 e. The number of thiocarbonyl (C=S) groups is 1. The van der Waals surface area contributed by atoms with Crippen LogP contribution in [0.2, 0.25) is 0 Å². The number of ether oxygens (including phenoxy) is 1. The van der Waals surface area contributed by atoms with Gasteiger partial charge in [-0.15, -0.1) is 0 Å². The van der Waals surface area contributed by atoms with E-state index in [4.69, 9.17) is 17.0 Å². The highest BCUT2D eigenvalue weighted by atomic mass is 32.2. The summed E-state index contributed by atoms with van der Waals surface area (Å²) in [6, 6.07) is 18.0. The van der Waals surface area contributed by atoms with Crippen LogP contribution in [0.5, 0.6) is 5.75 Å². The summed E-state index contributed by atoms with van der Waals surface area (Å²) in [5, 5.41) is 1.11. The Morgan fingerprint density at radius 3 is 2.59 bits per heavy atom. The fraction of sp³-hybridized carbons (Fsp3) is 0.143. The summed E-state index contributed by atoms with van der Waals surface area (Å²) in [4.78, 5) is 14.5. The van der Waals surface area contributed by atoms with Crippen molar-refractivity contribution in [3.63, 3.8) is 0 Å². The molecule has 0 spiro atoms. The molecule has 2 aromatic carbocycles. The molecule has 1 aliphatic rings. The molecule has 0 atom stereocenters. The van der Waals surface area contributed by atoms with Gasteiger partial charge >= 0.3 is 0 Å². The average molecular weight is 395 g/mol. The highest BCUT2D eigenvalue weighted by molar-refractivity contribution is 8.26. The number of amides is 1. The van der Waals surface area contributed by atoms with Crippen LogP contribution >= 0.6 is 24.0 Å². The number of fused-ring (bicyclic) bond motifs is 1. The normalized spacial score (nSPS) is 15.9. The van der Waals surface area contributed by atoms with Gasteiger partial charge in [-0.25, -0.2) is 0 Å². The monoisotopic (exact) mass is 394 g/mol. The number of hydrogen-bond acceptors (Lipinski definition) is 4. The van der Waals surface area contributed by atoms with Gasteiger partial charge in [-0.2, -0.15) is 0 Å². The predicted molar refractivity (Wildman–Crippen MR) is 115 cm³/mol. The summed E-state index contributed by atoms with van der Waals surface area (Å²) in [7, 11) is 1.71. The van der Waals surface area contributed by atoms with E-state index in [2.05, 4.69) is 22.9 Å². The second-order valence-corrected chi connectivity index (χ2v) is 7.87. The molecule has 1 amide bonds. The Hall–Kier alpha value is -2.57. The molecule has 4 nitrogen and oxygen atoms in total. The Balaban J connectivity index is 1.60. The zero-order chi connectivity index (χ0) is 18.8. The molecular formula is C21H18N2O2S2. The maximum atomic E-state index is 12.3. The van der Waals surface area contributed by atoms with Crippen LogP contribution in [-0.2, 0) is 11.3 Å². The standard InChI is InChI=1S/C21H18N2O2S2/c1-22-20(24)19(27-21(22)26)13-15-14-23(18-10-6-5-9-17(15)18)11-12-25-16-7-3-2-4-8-16/h2-10,13-14H,11-12H2,1H3/b19-13-. The molecule has 0 bridgehead atoms. The lowest BCUT2D eigenvalue weighted by Gasteiger charge is -2.08. The van der Waals surface area contributed by atoms with Crippen LogP contribution in [0.25, 0.3) is 17.0 Å². The molecule has 0 saturated carbocycles. The Labute approximate surface area is 167 Å². The number of likely N-dealkylation sites (N-methyl/N-ethyl adjacent to an activating group) is 1. The second-order valence-electron chi connectivity index (χ2n) is 6.20. The third-order valence-electron chi connectivity index (χ3n) is 4.44. The lowest BCUT2D eigenvalue weighted by molar-refractivity contribution is -0.121. The topological polar surface area (TPSA) is 34.5 Å². The summed E-state index contributed by atoms with van der Waals surface area (Å²) in [5.74, 6) is 0.815. The summed E-state index contributed by atoms with van der Waals surface area (Å²) >= 11 is 6.57. The lowest BCUT2D eigenvalue weighted by Crippen LogP contribution is -2.22. The highest BCUT2D eigenvalue weighted by Crippen LogP contribution is 2.33. The van der Waals surface area contributed by atoms with Gasteiger partial charge in [0.15, 0.2) is 0 Å². The van der Waals surface area contributed by atoms with E-state index < -0.39 is 0 Å². The number of carbonyl (C=O) groups excluding carboxylic acids is 1. The van der Waals surface area contributed by atoms with Crippen molar-refractivity contribution in [2.24, 2.45) is 0 Å². The molecule has 0 unspecified atom stereocenters. The van der Waals surface area contributed by atoms with Crippen LogP contribution in [0.1, 0.15) is 5.56 Å². The Morgan fingerprint density at radius 2 is 1.85 bits per heavy atom. The molecule has 3 aromatic rings. The molecule has 136 valence electrons. The highest BCUT2D eigenvalue weighted by Gasteiger charge is 2.28. The summed E-state index contributed by atoms with van der Waals surface area (Å²) < 4.78 is 8.58. The van der Waals surface area contributed by atoms with E-state index in [0.29, 0.717) is 15.8 Å². The van der Waals surface area contributed by atoms with E-state index >= 15 is 0 Å². The van der Waals surface area contributed by atoms with Gasteiger partial charge in [0.2, 0.25) is 0 Å². The van der Waals surface area contributed by atoms with Crippen molar-refractivity contribution >= 4 is 51.2 Å². The fourth-order valence-corrected chi connectivity index (χ4v) is 4.21. The number of carbonyl (C=O) groups is 1. The van der Waals surface area contributed by atoms with Crippen molar-refractivity contribution in [2.75, 3.05) is 13.7 Å².